The molecule has 0 saturated carbocycles. The number of pyridine rings is 1. The Morgan fingerprint density at radius 1 is 1.10 bits per heavy atom. The number of amidine groups is 1. The van der Waals surface area contributed by atoms with Crippen LogP contribution in [-0.4, -0.2) is 15.6 Å². The lowest BCUT2D eigenvalue weighted by Crippen LogP contribution is -2.26. The Kier molecular flexibility index (Phi) is 7.60. The highest BCUT2D eigenvalue weighted by Crippen LogP contribution is 2.22. The molecule has 3 aromatic rings. The minimum Gasteiger partial charge on any atom is -0.487 e. The van der Waals surface area contributed by atoms with E-state index in [9.17, 15) is 4.79 Å². The zero-order valence-electron chi connectivity index (χ0n) is 17.0. The van der Waals surface area contributed by atoms with E-state index in [1.54, 1.807) is 16.7 Å². The maximum absolute atomic E-state index is 12.7. The Bertz CT molecular complexity index is 1140. The van der Waals surface area contributed by atoms with Crippen molar-refractivity contribution in [3.63, 3.8) is 0 Å². The van der Waals surface area contributed by atoms with Gasteiger partial charge < -0.3 is 20.2 Å². The van der Waals surface area contributed by atoms with E-state index in [1.165, 1.54) is 6.07 Å². The van der Waals surface area contributed by atoms with Crippen molar-refractivity contribution < 1.29 is 9.94 Å². The van der Waals surface area contributed by atoms with E-state index in [0.717, 1.165) is 17.5 Å². The molecule has 6 nitrogen and oxygen atoms in total. The largest absolute Gasteiger partial charge is 0.487 e. The molecule has 2 aromatic carbocycles. The molecular formula is C23H23Cl2N3O3. The summed E-state index contributed by atoms with van der Waals surface area (Å²) in [7, 11) is 0. The summed E-state index contributed by atoms with van der Waals surface area (Å²) in [6.07, 6.45) is 1.46. The summed E-state index contributed by atoms with van der Waals surface area (Å²) < 4.78 is 7.47. The standard InChI is InChI=1S/C23H23Cl2N3O3/c1-2-15-4-3-5-18(12-15)31-14-21-19(24)13-20(25)23(29)28(21)11-10-16-6-8-17(9-7-16)22(26)27-30/h3-9,12-13,30H,2,10-11,14H2,1H3,(H2,26,27). The van der Waals surface area contributed by atoms with Crippen LogP contribution in [0.1, 0.15) is 29.3 Å². The topological polar surface area (TPSA) is 89.8 Å². The predicted octanol–water partition coefficient (Wildman–Crippen LogP) is 4.63. The summed E-state index contributed by atoms with van der Waals surface area (Å²) >= 11 is 12.5. The Labute approximate surface area is 190 Å². The van der Waals surface area contributed by atoms with Crippen LogP contribution in [0.25, 0.3) is 0 Å². The molecule has 3 rings (SSSR count). The van der Waals surface area contributed by atoms with Gasteiger partial charge in [0.2, 0.25) is 0 Å². The van der Waals surface area contributed by atoms with Crippen LogP contribution in [0.15, 0.2) is 64.5 Å². The molecule has 0 bridgehead atoms. The number of oxime groups is 1. The molecule has 0 aliphatic rings. The summed E-state index contributed by atoms with van der Waals surface area (Å²) in [5.41, 5.74) is 8.58. The first-order valence-electron chi connectivity index (χ1n) is 9.79. The van der Waals surface area contributed by atoms with Gasteiger partial charge in [-0.05, 0) is 42.2 Å². The minimum absolute atomic E-state index is 0.0379. The van der Waals surface area contributed by atoms with E-state index in [2.05, 4.69) is 12.1 Å². The number of rotatable bonds is 8. The summed E-state index contributed by atoms with van der Waals surface area (Å²) in [6, 6.07) is 16.5. The summed E-state index contributed by atoms with van der Waals surface area (Å²) in [6.45, 7) is 2.58. The van der Waals surface area contributed by atoms with Crippen molar-refractivity contribution in [1.82, 2.24) is 4.57 Å². The predicted molar refractivity (Wildman–Crippen MR) is 124 cm³/mol. The first-order chi connectivity index (χ1) is 14.9. The Balaban J connectivity index is 1.81. The van der Waals surface area contributed by atoms with Gasteiger partial charge in [0.25, 0.3) is 5.56 Å². The highest BCUT2D eigenvalue weighted by atomic mass is 35.5. The minimum atomic E-state index is -0.319. The third kappa shape index (κ3) is 5.60. The van der Waals surface area contributed by atoms with Crippen molar-refractivity contribution in [2.45, 2.75) is 32.9 Å². The van der Waals surface area contributed by atoms with Crippen LogP contribution in [0.4, 0.5) is 0 Å². The van der Waals surface area contributed by atoms with Crippen LogP contribution in [0.5, 0.6) is 5.75 Å². The van der Waals surface area contributed by atoms with Gasteiger partial charge in [0, 0.05) is 12.1 Å². The van der Waals surface area contributed by atoms with Crippen molar-refractivity contribution in [3.8, 4) is 5.75 Å². The highest BCUT2D eigenvalue weighted by Gasteiger charge is 2.14. The van der Waals surface area contributed by atoms with Gasteiger partial charge in [-0.1, -0.05) is 71.7 Å². The van der Waals surface area contributed by atoms with Gasteiger partial charge >= 0.3 is 0 Å². The molecule has 162 valence electrons. The summed E-state index contributed by atoms with van der Waals surface area (Å²) in [4.78, 5) is 12.7. The van der Waals surface area contributed by atoms with Gasteiger partial charge in [-0.2, -0.15) is 0 Å². The van der Waals surface area contributed by atoms with Crippen LogP contribution < -0.4 is 16.0 Å². The van der Waals surface area contributed by atoms with Gasteiger partial charge in [-0.3, -0.25) is 4.79 Å². The lowest BCUT2D eigenvalue weighted by molar-refractivity contribution is 0.292. The maximum atomic E-state index is 12.7. The fourth-order valence-corrected chi connectivity index (χ4v) is 3.70. The van der Waals surface area contributed by atoms with E-state index >= 15 is 0 Å². The molecule has 1 aromatic heterocycles. The summed E-state index contributed by atoms with van der Waals surface area (Å²) in [5.74, 6) is 0.749. The van der Waals surface area contributed by atoms with Crippen molar-refractivity contribution in [2.24, 2.45) is 10.9 Å². The van der Waals surface area contributed by atoms with Crippen LogP contribution >= 0.6 is 23.2 Å². The zero-order chi connectivity index (χ0) is 22.4. The first-order valence-corrected chi connectivity index (χ1v) is 10.5. The van der Waals surface area contributed by atoms with Gasteiger partial charge in [-0.25, -0.2) is 0 Å². The number of nitrogens with zero attached hydrogens (tertiary/aromatic N) is 2. The second-order valence-electron chi connectivity index (χ2n) is 6.97. The number of hydrogen-bond acceptors (Lipinski definition) is 4. The first kappa shape index (κ1) is 22.7. The Hall–Kier alpha value is -2.96. The smallest absolute Gasteiger partial charge is 0.269 e. The number of halogens is 2. The molecule has 0 amide bonds. The van der Waals surface area contributed by atoms with Gasteiger partial charge in [-0.15, -0.1) is 0 Å². The van der Waals surface area contributed by atoms with Crippen molar-refractivity contribution in [1.29, 1.82) is 0 Å². The molecule has 31 heavy (non-hydrogen) atoms. The number of aryl methyl sites for hydroxylation is 2. The molecule has 0 aliphatic heterocycles. The van der Waals surface area contributed by atoms with Crippen LogP contribution in [0.3, 0.4) is 0 Å². The third-order valence-electron chi connectivity index (χ3n) is 4.97. The zero-order valence-corrected chi connectivity index (χ0v) is 18.5. The van der Waals surface area contributed by atoms with Crippen LogP contribution in [0, 0.1) is 0 Å². The number of aromatic nitrogens is 1. The number of nitrogens with two attached hydrogens (primary N) is 1. The normalized spacial score (nSPS) is 11.5. The molecule has 8 heteroatoms. The van der Waals surface area contributed by atoms with Gasteiger partial charge in [0.15, 0.2) is 5.84 Å². The third-order valence-corrected chi connectivity index (χ3v) is 5.57. The highest BCUT2D eigenvalue weighted by molar-refractivity contribution is 6.34. The summed E-state index contributed by atoms with van der Waals surface area (Å²) in [5, 5.41) is 12.2. The molecular weight excluding hydrogens is 437 g/mol. The molecule has 0 aliphatic carbocycles. The van der Waals surface area contributed by atoms with Gasteiger partial charge in [0.05, 0.1) is 10.7 Å². The number of ether oxygens (including phenoxy) is 1. The number of benzene rings is 2. The van der Waals surface area contributed by atoms with E-state index in [0.29, 0.717) is 35.0 Å². The lowest BCUT2D eigenvalue weighted by atomic mass is 10.1. The van der Waals surface area contributed by atoms with Crippen molar-refractivity contribution in [3.05, 3.63) is 97.4 Å². The molecule has 0 unspecified atom stereocenters. The molecule has 0 saturated heterocycles. The Morgan fingerprint density at radius 3 is 2.52 bits per heavy atom. The maximum Gasteiger partial charge on any atom is 0.269 e. The monoisotopic (exact) mass is 459 g/mol. The van der Waals surface area contributed by atoms with Crippen LogP contribution in [-0.2, 0) is 26.0 Å². The molecule has 0 atom stereocenters. The number of hydrogen-bond donors (Lipinski definition) is 2. The second kappa shape index (κ2) is 10.4. The van der Waals surface area contributed by atoms with Crippen molar-refractivity contribution in [2.75, 3.05) is 0 Å². The average molecular weight is 460 g/mol. The molecule has 0 fully saturated rings. The van der Waals surface area contributed by atoms with Gasteiger partial charge in [0.1, 0.15) is 17.4 Å². The van der Waals surface area contributed by atoms with E-state index in [-0.39, 0.29) is 23.0 Å². The SMILES string of the molecule is CCc1cccc(OCc2c(Cl)cc(Cl)c(=O)n2CCc2ccc(/C(N)=N/O)cc2)c1. The average Bonchev–Trinajstić information content (AvgIpc) is 2.79. The molecule has 0 spiro atoms. The quantitative estimate of drug-likeness (QED) is 0.222. The fraction of sp³-hybridized carbons (Fsp3) is 0.217. The fourth-order valence-electron chi connectivity index (χ4n) is 3.17. The van der Waals surface area contributed by atoms with E-state index in [4.69, 9.17) is 38.9 Å². The molecule has 3 N–H and O–H groups in total. The Morgan fingerprint density at radius 2 is 1.84 bits per heavy atom. The lowest BCUT2D eigenvalue weighted by Gasteiger charge is -2.16. The molecule has 0 radical (unpaired) electrons. The molecule has 1 heterocycles. The van der Waals surface area contributed by atoms with E-state index in [1.807, 2.05) is 36.4 Å². The van der Waals surface area contributed by atoms with E-state index < -0.39 is 0 Å². The second-order valence-corrected chi connectivity index (χ2v) is 7.78. The van der Waals surface area contributed by atoms with Crippen molar-refractivity contribution >= 4 is 29.0 Å². The van der Waals surface area contributed by atoms with Crippen LogP contribution in [0.2, 0.25) is 10.0 Å².